The normalized spacial score (nSPS) is 10.5. The summed E-state index contributed by atoms with van der Waals surface area (Å²) in [4.78, 5) is 12.3. The third-order valence-corrected chi connectivity index (χ3v) is 4.55. The van der Waals surface area contributed by atoms with Gasteiger partial charge in [0, 0.05) is 14.0 Å². The minimum Gasteiger partial charge on any atom is -0.396 e. The zero-order chi connectivity index (χ0) is 15.7. The zero-order valence-corrected chi connectivity index (χ0v) is 14.7. The highest BCUT2D eigenvalue weighted by Crippen LogP contribution is 2.30. The van der Waals surface area contributed by atoms with Gasteiger partial charge in [0.1, 0.15) is 5.82 Å². The summed E-state index contributed by atoms with van der Waals surface area (Å²) < 4.78 is 14.3. The lowest BCUT2D eigenvalue weighted by Crippen LogP contribution is -2.14. The highest BCUT2D eigenvalue weighted by Gasteiger charge is 2.15. The summed E-state index contributed by atoms with van der Waals surface area (Å²) in [6, 6.07) is 5.87. The van der Waals surface area contributed by atoms with Crippen molar-refractivity contribution in [2.24, 2.45) is 0 Å². The van der Waals surface area contributed by atoms with Crippen molar-refractivity contribution in [3.63, 3.8) is 0 Å². The van der Waals surface area contributed by atoms with Crippen molar-refractivity contribution < 1.29 is 9.18 Å². The van der Waals surface area contributed by atoms with Gasteiger partial charge in [-0.2, -0.15) is 0 Å². The van der Waals surface area contributed by atoms with E-state index in [1.807, 2.05) is 6.92 Å². The van der Waals surface area contributed by atoms with Crippen LogP contribution >= 0.6 is 43.5 Å². The fraction of sp³-hybridized carbons (Fsp3) is 0.0714. The number of rotatable bonds is 2. The Bertz CT molecular complexity index is 737. The maximum absolute atomic E-state index is 13.3. The number of benzene rings is 2. The largest absolute Gasteiger partial charge is 0.396 e. The number of nitrogens with two attached hydrogens (primary N) is 1. The molecule has 21 heavy (non-hydrogen) atoms. The maximum Gasteiger partial charge on any atom is 0.256 e. The van der Waals surface area contributed by atoms with Crippen LogP contribution in [0.1, 0.15) is 15.9 Å². The summed E-state index contributed by atoms with van der Waals surface area (Å²) in [5.41, 5.74) is 7.03. The quantitative estimate of drug-likeness (QED) is 0.640. The second-order valence-electron chi connectivity index (χ2n) is 4.39. The predicted octanol–water partition coefficient (Wildman–Crippen LogP) is 5.15. The molecular formula is C14H10Br2ClFN2O. The third-order valence-electron chi connectivity index (χ3n) is 2.83. The van der Waals surface area contributed by atoms with E-state index in [-0.39, 0.29) is 11.3 Å². The van der Waals surface area contributed by atoms with E-state index >= 15 is 0 Å². The molecule has 0 aliphatic carbocycles. The lowest BCUT2D eigenvalue weighted by Gasteiger charge is -2.11. The highest BCUT2D eigenvalue weighted by atomic mass is 79.9. The molecule has 0 saturated carbocycles. The molecule has 0 aliphatic heterocycles. The molecule has 0 spiro atoms. The number of carbonyl (C=O) groups excluding carboxylic acids is 1. The molecule has 3 nitrogen and oxygen atoms in total. The van der Waals surface area contributed by atoms with E-state index in [2.05, 4.69) is 37.2 Å². The van der Waals surface area contributed by atoms with Crippen LogP contribution in [0.4, 0.5) is 15.8 Å². The minimum atomic E-state index is -0.585. The van der Waals surface area contributed by atoms with E-state index in [1.165, 1.54) is 6.07 Å². The number of anilines is 2. The van der Waals surface area contributed by atoms with Crippen molar-refractivity contribution in [1.29, 1.82) is 0 Å². The van der Waals surface area contributed by atoms with Gasteiger partial charge >= 0.3 is 0 Å². The first-order chi connectivity index (χ1) is 9.79. The van der Waals surface area contributed by atoms with Gasteiger partial charge in [-0.25, -0.2) is 4.39 Å². The summed E-state index contributed by atoms with van der Waals surface area (Å²) in [7, 11) is 0. The van der Waals surface area contributed by atoms with Crippen molar-refractivity contribution >= 4 is 60.7 Å². The van der Waals surface area contributed by atoms with Crippen LogP contribution in [0.2, 0.25) is 5.02 Å². The number of carbonyl (C=O) groups is 1. The second kappa shape index (κ2) is 6.34. The molecule has 110 valence electrons. The standard InChI is InChI=1S/C14H10Br2ClFN2O/c1-6-2-9(16)13(5-10(6)17)20-14(21)7-3-12(19)11(18)4-8(7)15/h2-5H,19H2,1H3,(H,20,21). The lowest BCUT2D eigenvalue weighted by atomic mass is 10.1. The Hall–Kier alpha value is -1.11. The van der Waals surface area contributed by atoms with E-state index < -0.39 is 11.7 Å². The Balaban J connectivity index is 2.35. The number of hydrogen-bond acceptors (Lipinski definition) is 2. The molecule has 0 aromatic heterocycles. The lowest BCUT2D eigenvalue weighted by molar-refractivity contribution is 0.102. The number of hydrogen-bond donors (Lipinski definition) is 2. The second-order valence-corrected chi connectivity index (χ2v) is 6.50. The molecule has 0 fully saturated rings. The molecule has 0 bridgehead atoms. The molecule has 3 N–H and O–H groups in total. The van der Waals surface area contributed by atoms with Crippen LogP contribution in [-0.4, -0.2) is 5.91 Å². The number of aryl methyl sites for hydroxylation is 1. The first-order valence-corrected chi connectivity index (χ1v) is 7.77. The Morgan fingerprint density at radius 3 is 2.57 bits per heavy atom. The van der Waals surface area contributed by atoms with Gasteiger partial charge in [0.05, 0.1) is 16.9 Å². The summed E-state index contributed by atoms with van der Waals surface area (Å²) in [5, 5.41) is 3.24. The highest BCUT2D eigenvalue weighted by molar-refractivity contribution is 9.11. The van der Waals surface area contributed by atoms with Crippen LogP contribution in [0.3, 0.4) is 0 Å². The van der Waals surface area contributed by atoms with E-state index in [9.17, 15) is 9.18 Å². The van der Waals surface area contributed by atoms with Gasteiger partial charge in [-0.1, -0.05) is 11.6 Å². The average Bonchev–Trinajstić information content (AvgIpc) is 2.40. The summed E-state index contributed by atoms with van der Waals surface area (Å²) in [5.74, 6) is -1.01. The molecule has 0 saturated heterocycles. The number of halogens is 4. The fourth-order valence-electron chi connectivity index (χ4n) is 1.67. The van der Waals surface area contributed by atoms with Crippen LogP contribution in [0.15, 0.2) is 33.2 Å². The first-order valence-electron chi connectivity index (χ1n) is 5.81. The van der Waals surface area contributed by atoms with Crippen molar-refractivity contribution in [3.8, 4) is 0 Å². The molecule has 2 aromatic rings. The predicted molar refractivity (Wildman–Crippen MR) is 90.4 cm³/mol. The summed E-state index contributed by atoms with van der Waals surface area (Å²) in [6.45, 7) is 1.86. The average molecular weight is 437 g/mol. The molecular weight excluding hydrogens is 426 g/mol. The van der Waals surface area contributed by atoms with Gasteiger partial charge in [-0.15, -0.1) is 0 Å². The van der Waals surface area contributed by atoms with E-state index in [4.69, 9.17) is 17.3 Å². The van der Waals surface area contributed by atoms with Gasteiger partial charge in [0.15, 0.2) is 0 Å². The summed E-state index contributed by atoms with van der Waals surface area (Å²) >= 11 is 12.5. The van der Waals surface area contributed by atoms with Crippen LogP contribution in [-0.2, 0) is 0 Å². The third kappa shape index (κ3) is 3.56. The Morgan fingerprint density at radius 1 is 1.24 bits per heavy atom. The maximum atomic E-state index is 13.3. The monoisotopic (exact) mass is 434 g/mol. The molecule has 1 amide bonds. The minimum absolute atomic E-state index is 0.0932. The SMILES string of the molecule is Cc1cc(Br)c(NC(=O)c2cc(N)c(F)cc2Br)cc1Cl. The molecule has 0 atom stereocenters. The molecule has 2 rings (SSSR count). The number of nitrogen functional groups attached to an aromatic ring is 1. The molecule has 0 aliphatic rings. The van der Waals surface area contributed by atoms with E-state index in [0.717, 1.165) is 11.6 Å². The summed E-state index contributed by atoms with van der Waals surface area (Å²) in [6.07, 6.45) is 0. The Labute approximate surface area is 142 Å². The van der Waals surface area contributed by atoms with E-state index in [1.54, 1.807) is 12.1 Å². The molecule has 2 aromatic carbocycles. The van der Waals surface area contributed by atoms with Gasteiger partial charge < -0.3 is 11.1 Å². The van der Waals surface area contributed by atoms with Crippen molar-refractivity contribution in [3.05, 3.63) is 55.2 Å². The van der Waals surface area contributed by atoms with Crippen molar-refractivity contribution in [2.45, 2.75) is 6.92 Å². The molecule has 0 unspecified atom stereocenters. The van der Waals surface area contributed by atoms with Gasteiger partial charge in [-0.3, -0.25) is 4.79 Å². The van der Waals surface area contributed by atoms with E-state index in [0.29, 0.717) is 19.7 Å². The van der Waals surface area contributed by atoms with Gasteiger partial charge in [-0.05, 0) is 68.6 Å². The number of amides is 1. The van der Waals surface area contributed by atoms with Gasteiger partial charge in [0.2, 0.25) is 0 Å². The Kier molecular flexibility index (Phi) is 4.91. The fourth-order valence-corrected chi connectivity index (χ4v) is 2.89. The van der Waals surface area contributed by atoms with Crippen molar-refractivity contribution in [1.82, 2.24) is 0 Å². The van der Waals surface area contributed by atoms with Crippen LogP contribution in [0, 0.1) is 12.7 Å². The molecule has 7 heteroatoms. The van der Waals surface area contributed by atoms with Crippen LogP contribution in [0.5, 0.6) is 0 Å². The van der Waals surface area contributed by atoms with Crippen LogP contribution < -0.4 is 11.1 Å². The van der Waals surface area contributed by atoms with Gasteiger partial charge in [0.25, 0.3) is 5.91 Å². The first kappa shape index (κ1) is 16.3. The molecule has 0 radical (unpaired) electrons. The van der Waals surface area contributed by atoms with Crippen LogP contribution in [0.25, 0.3) is 0 Å². The zero-order valence-electron chi connectivity index (χ0n) is 10.8. The van der Waals surface area contributed by atoms with Crippen molar-refractivity contribution in [2.75, 3.05) is 11.1 Å². The Morgan fingerprint density at radius 2 is 1.90 bits per heavy atom. The topological polar surface area (TPSA) is 55.1 Å². The number of nitrogens with one attached hydrogen (secondary N) is 1. The molecule has 0 heterocycles. The smallest absolute Gasteiger partial charge is 0.256 e.